The lowest BCUT2D eigenvalue weighted by Gasteiger charge is -2.31. The van der Waals surface area contributed by atoms with Crippen LogP contribution in [0.25, 0.3) is 0 Å². The molecule has 118 valence electrons. The molecule has 21 heavy (non-hydrogen) atoms. The summed E-state index contributed by atoms with van der Waals surface area (Å²) in [4.78, 5) is 24.9. The lowest BCUT2D eigenvalue weighted by Crippen LogP contribution is -2.32. The Morgan fingerprint density at radius 1 is 1.38 bits per heavy atom. The molecular formula is C18H28O3. The van der Waals surface area contributed by atoms with E-state index in [0.717, 1.165) is 31.3 Å². The van der Waals surface area contributed by atoms with E-state index in [-0.39, 0.29) is 28.5 Å². The number of hydrogen-bond donors (Lipinski definition) is 0. The van der Waals surface area contributed by atoms with Crippen molar-refractivity contribution < 1.29 is 14.3 Å². The number of Topliss-reactive ketones (excluding diaryl/α,β-unsaturated/α-hetero) is 1. The number of hydrogen-bond acceptors (Lipinski definition) is 3. The lowest BCUT2D eigenvalue weighted by atomic mass is 9.70. The molecule has 0 aromatic carbocycles. The number of rotatable bonds is 5. The quantitative estimate of drug-likeness (QED) is 0.570. The molecule has 0 spiro atoms. The monoisotopic (exact) mass is 292 g/mol. The van der Waals surface area contributed by atoms with E-state index in [1.807, 2.05) is 13.0 Å². The average molecular weight is 292 g/mol. The van der Waals surface area contributed by atoms with Gasteiger partial charge in [0.1, 0.15) is 0 Å². The van der Waals surface area contributed by atoms with Crippen molar-refractivity contribution in [1.82, 2.24) is 0 Å². The van der Waals surface area contributed by atoms with Crippen LogP contribution in [0.1, 0.15) is 60.3 Å². The summed E-state index contributed by atoms with van der Waals surface area (Å²) in [5, 5.41) is 0. The van der Waals surface area contributed by atoms with Gasteiger partial charge in [0, 0.05) is 5.41 Å². The highest BCUT2D eigenvalue weighted by Crippen LogP contribution is 2.65. The van der Waals surface area contributed by atoms with Gasteiger partial charge in [0.25, 0.3) is 0 Å². The molecule has 0 aromatic rings. The number of carbonyl (C=O) groups is 2. The second kappa shape index (κ2) is 5.58. The van der Waals surface area contributed by atoms with Crippen molar-refractivity contribution in [2.45, 2.75) is 60.3 Å². The maximum Gasteiger partial charge on any atom is 0.312 e. The number of ketones is 1. The van der Waals surface area contributed by atoms with E-state index >= 15 is 0 Å². The Morgan fingerprint density at radius 2 is 2.05 bits per heavy atom. The van der Waals surface area contributed by atoms with Gasteiger partial charge in [-0.05, 0) is 43.1 Å². The van der Waals surface area contributed by atoms with E-state index in [9.17, 15) is 9.59 Å². The third-order valence-electron chi connectivity index (χ3n) is 5.93. The normalized spacial score (nSPS) is 33.5. The molecular weight excluding hydrogens is 264 g/mol. The fourth-order valence-corrected chi connectivity index (χ4v) is 4.17. The largest absolute Gasteiger partial charge is 0.466 e. The zero-order valence-electron chi connectivity index (χ0n) is 14.0. The van der Waals surface area contributed by atoms with Gasteiger partial charge in [0.2, 0.25) is 0 Å². The number of ether oxygens (including phenoxy) is 1. The summed E-state index contributed by atoms with van der Waals surface area (Å²) in [5.74, 6) is 0.0935. The molecule has 0 amide bonds. The van der Waals surface area contributed by atoms with Gasteiger partial charge in [-0.25, -0.2) is 0 Å². The van der Waals surface area contributed by atoms with Crippen LogP contribution in [-0.4, -0.2) is 18.4 Å². The second-order valence-corrected chi connectivity index (χ2v) is 7.24. The van der Waals surface area contributed by atoms with Gasteiger partial charge in [0.05, 0.1) is 12.5 Å². The van der Waals surface area contributed by atoms with E-state index in [1.54, 1.807) is 0 Å². The van der Waals surface area contributed by atoms with Crippen LogP contribution in [0.4, 0.5) is 0 Å². The Balaban J connectivity index is 2.32. The number of esters is 1. The first-order valence-corrected chi connectivity index (χ1v) is 8.22. The van der Waals surface area contributed by atoms with Crippen molar-refractivity contribution in [3.8, 4) is 0 Å². The summed E-state index contributed by atoms with van der Waals surface area (Å²) in [6.07, 6.45) is 5.62. The van der Waals surface area contributed by atoms with Gasteiger partial charge >= 0.3 is 5.97 Å². The van der Waals surface area contributed by atoms with Crippen LogP contribution in [0.5, 0.6) is 0 Å². The summed E-state index contributed by atoms with van der Waals surface area (Å²) in [7, 11) is 0. The summed E-state index contributed by atoms with van der Waals surface area (Å²) in [6, 6.07) is 0. The average Bonchev–Trinajstić information content (AvgIpc) is 2.72. The van der Waals surface area contributed by atoms with Crippen molar-refractivity contribution in [2.24, 2.45) is 22.7 Å². The minimum absolute atomic E-state index is 0.00133. The molecule has 3 atom stereocenters. The number of carbonyl (C=O) groups excluding carboxylic acids is 2. The fraction of sp³-hybridized carbons (Fsp3) is 0.778. The first-order chi connectivity index (χ1) is 9.79. The predicted octanol–water partition coefficient (Wildman–Crippen LogP) is 3.92. The third-order valence-corrected chi connectivity index (χ3v) is 5.93. The van der Waals surface area contributed by atoms with E-state index in [1.165, 1.54) is 0 Å². The van der Waals surface area contributed by atoms with Gasteiger partial charge in [-0.1, -0.05) is 40.2 Å². The molecule has 2 aliphatic rings. The van der Waals surface area contributed by atoms with Crippen LogP contribution in [-0.2, 0) is 14.3 Å². The maximum atomic E-state index is 12.8. The Bertz CT molecular complexity index is 475. The highest BCUT2D eigenvalue weighted by Gasteiger charge is 2.63. The molecule has 0 saturated heterocycles. The highest BCUT2D eigenvalue weighted by atomic mass is 16.5. The Labute approximate surface area is 128 Å². The van der Waals surface area contributed by atoms with Crippen molar-refractivity contribution >= 4 is 11.8 Å². The lowest BCUT2D eigenvalue weighted by molar-refractivity contribution is -0.146. The molecule has 2 fully saturated rings. The third kappa shape index (κ3) is 2.35. The SMILES string of the molecule is CCC[C@H](/C=C1/C(=O)[C@@]2(C)CC[C@H]1C2(C)C)C(=O)OCC. The molecule has 2 bridgehead atoms. The van der Waals surface area contributed by atoms with Crippen molar-refractivity contribution in [1.29, 1.82) is 0 Å². The van der Waals surface area contributed by atoms with Crippen molar-refractivity contribution in [3.63, 3.8) is 0 Å². The van der Waals surface area contributed by atoms with Gasteiger partial charge in [-0.15, -0.1) is 0 Å². The molecule has 2 rings (SSSR count). The molecule has 2 aliphatic carbocycles. The van der Waals surface area contributed by atoms with E-state index in [2.05, 4.69) is 27.7 Å². The first-order valence-electron chi connectivity index (χ1n) is 8.22. The van der Waals surface area contributed by atoms with Gasteiger partial charge in [0.15, 0.2) is 5.78 Å². The van der Waals surface area contributed by atoms with Gasteiger partial charge < -0.3 is 4.74 Å². The maximum absolute atomic E-state index is 12.8. The van der Waals surface area contributed by atoms with Crippen LogP contribution in [0.3, 0.4) is 0 Å². The molecule has 2 saturated carbocycles. The zero-order chi connectivity index (χ0) is 15.8. The standard InChI is InChI=1S/C18H28O3/c1-6-8-12(16(20)21-7-2)11-13-14-9-10-18(5,15(13)19)17(14,3)4/h11-12,14H,6-10H2,1-5H3/b13-11+/t12-,14-,18-/m1/s1. The topological polar surface area (TPSA) is 43.4 Å². The summed E-state index contributed by atoms with van der Waals surface area (Å²) < 4.78 is 5.16. The smallest absolute Gasteiger partial charge is 0.312 e. The molecule has 0 heterocycles. The van der Waals surface area contributed by atoms with Crippen molar-refractivity contribution in [3.05, 3.63) is 11.6 Å². The van der Waals surface area contributed by atoms with E-state index < -0.39 is 0 Å². The fourth-order valence-electron chi connectivity index (χ4n) is 4.17. The van der Waals surface area contributed by atoms with Crippen LogP contribution < -0.4 is 0 Å². The summed E-state index contributed by atoms with van der Waals surface area (Å²) in [6.45, 7) is 10.8. The van der Waals surface area contributed by atoms with Crippen LogP contribution in [0, 0.1) is 22.7 Å². The summed E-state index contributed by atoms with van der Waals surface area (Å²) in [5.41, 5.74) is 0.635. The minimum Gasteiger partial charge on any atom is -0.466 e. The predicted molar refractivity (Wildman–Crippen MR) is 82.7 cm³/mol. The minimum atomic E-state index is -0.271. The van der Waals surface area contributed by atoms with E-state index in [0.29, 0.717) is 12.5 Å². The van der Waals surface area contributed by atoms with Crippen molar-refractivity contribution in [2.75, 3.05) is 6.61 Å². The highest BCUT2D eigenvalue weighted by molar-refractivity contribution is 6.05. The van der Waals surface area contributed by atoms with Gasteiger partial charge in [-0.2, -0.15) is 0 Å². The van der Waals surface area contributed by atoms with E-state index in [4.69, 9.17) is 4.74 Å². The molecule has 3 nitrogen and oxygen atoms in total. The Hall–Kier alpha value is -1.12. The molecule has 0 aliphatic heterocycles. The Kier molecular flexibility index (Phi) is 4.32. The molecule has 3 heteroatoms. The molecule has 0 aromatic heterocycles. The second-order valence-electron chi connectivity index (χ2n) is 7.24. The Morgan fingerprint density at radius 3 is 2.52 bits per heavy atom. The zero-order valence-corrected chi connectivity index (χ0v) is 14.0. The van der Waals surface area contributed by atoms with Crippen LogP contribution in [0.2, 0.25) is 0 Å². The van der Waals surface area contributed by atoms with Crippen LogP contribution >= 0.6 is 0 Å². The number of allylic oxidation sites excluding steroid dienone is 1. The summed E-state index contributed by atoms with van der Waals surface area (Å²) >= 11 is 0. The molecule has 0 radical (unpaired) electrons. The van der Waals surface area contributed by atoms with Gasteiger partial charge in [-0.3, -0.25) is 9.59 Å². The molecule has 0 unspecified atom stereocenters. The van der Waals surface area contributed by atoms with Crippen LogP contribution in [0.15, 0.2) is 11.6 Å². The number of fused-ring (bicyclic) bond motifs is 2. The molecule has 0 N–H and O–H groups in total. The first kappa shape index (κ1) is 16.3.